The van der Waals surface area contributed by atoms with Crippen molar-refractivity contribution < 1.29 is 18.3 Å². The molecule has 4 nitrogen and oxygen atoms in total. The van der Waals surface area contributed by atoms with Gasteiger partial charge in [-0.05, 0) is 24.1 Å². The summed E-state index contributed by atoms with van der Waals surface area (Å²) in [6.45, 7) is -2.83. The van der Waals surface area contributed by atoms with E-state index in [1.165, 1.54) is 28.4 Å². The van der Waals surface area contributed by atoms with E-state index in [1.54, 1.807) is 30.8 Å². The molecule has 0 bridgehead atoms. The summed E-state index contributed by atoms with van der Waals surface area (Å²) in [5.74, 6) is 0.0674. The van der Waals surface area contributed by atoms with Gasteiger partial charge in [-0.1, -0.05) is 12.1 Å². The fraction of sp³-hybridized carbons (Fsp3) is 0.286. The number of halogens is 2. The Morgan fingerprint density at radius 3 is 2.67 bits per heavy atom. The molecule has 0 spiro atoms. The zero-order valence-electron chi connectivity index (χ0n) is 11.3. The lowest BCUT2D eigenvalue weighted by atomic mass is 10.1. The van der Waals surface area contributed by atoms with Crippen LogP contribution in [-0.4, -0.2) is 24.6 Å². The molecule has 1 aromatic heterocycles. The largest absolute Gasteiger partial charge is 0.435 e. The molecule has 112 valence electrons. The van der Waals surface area contributed by atoms with Crippen LogP contribution in [0.4, 0.5) is 13.9 Å². The third kappa shape index (κ3) is 4.49. The zero-order chi connectivity index (χ0) is 15.2. The van der Waals surface area contributed by atoms with Gasteiger partial charge in [0.05, 0.1) is 0 Å². The highest BCUT2D eigenvalue weighted by Gasteiger charge is 2.13. The van der Waals surface area contributed by atoms with E-state index in [4.69, 9.17) is 0 Å². The second kappa shape index (κ2) is 7.12. The second-order valence-electron chi connectivity index (χ2n) is 4.29. The van der Waals surface area contributed by atoms with Crippen molar-refractivity contribution in [1.29, 1.82) is 0 Å². The fourth-order valence-corrected chi connectivity index (χ4v) is 2.37. The average molecular weight is 312 g/mol. The molecule has 21 heavy (non-hydrogen) atoms. The standard InChI is InChI=1S/C14H14F2N2O2S/c1-18(14-17-8-9-21-14)12(19)7-4-10-2-5-11(6-3-10)20-13(15)16/h2-3,5-6,8-9,13H,4,7H2,1H3. The topological polar surface area (TPSA) is 42.4 Å². The summed E-state index contributed by atoms with van der Waals surface area (Å²) in [5, 5.41) is 2.46. The van der Waals surface area contributed by atoms with Gasteiger partial charge in [0.15, 0.2) is 5.13 Å². The number of alkyl halides is 2. The number of hydrogen-bond acceptors (Lipinski definition) is 4. The predicted octanol–water partition coefficient (Wildman–Crippen LogP) is 3.34. The van der Waals surface area contributed by atoms with Gasteiger partial charge < -0.3 is 4.74 Å². The maximum Gasteiger partial charge on any atom is 0.387 e. The van der Waals surface area contributed by atoms with Crippen LogP contribution in [0.5, 0.6) is 5.75 Å². The molecule has 0 aliphatic carbocycles. The Hall–Kier alpha value is -2.02. The highest BCUT2D eigenvalue weighted by molar-refractivity contribution is 7.13. The van der Waals surface area contributed by atoms with Gasteiger partial charge in [0.1, 0.15) is 5.75 Å². The third-order valence-corrected chi connectivity index (χ3v) is 3.70. The van der Waals surface area contributed by atoms with E-state index >= 15 is 0 Å². The number of benzene rings is 1. The van der Waals surface area contributed by atoms with Crippen LogP contribution in [0.3, 0.4) is 0 Å². The molecule has 0 radical (unpaired) electrons. The van der Waals surface area contributed by atoms with Crippen LogP contribution < -0.4 is 9.64 Å². The summed E-state index contributed by atoms with van der Waals surface area (Å²) >= 11 is 1.40. The lowest BCUT2D eigenvalue weighted by Crippen LogP contribution is -2.26. The van der Waals surface area contributed by atoms with Gasteiger partial charge in [-0.2, -0.15) is 8.78 Å². The third-order valence-electron chi connectivity index (χ3n) is 2.86. The van der Waals surface area contributed by atoms with Gasteiger partial charge in [-0.25, -0.2) is 4.98 Å². The van der Waals surface area contributed by atoms with Gasteiger partial charge >= 0.3 is 6.61 Å². The van der Waals surface area contributed by atoms with E-state index in [2.05, 4.69) is 9.72 Å². The molecule has 7 heteroatoms. The number of rotatable bonds is 6. The lowest BCUT2D eigenvalue weighted by Gasteiger charge is -2.13. The first-order valence-electron chi connectivity index (χ1n) is 6.26. The summed E-state index contributed by atoms with van der Waals surface area (Å²) in [6.07, 6.45) is 2.50. The van der Waals surface area contributed by atoms with Crippen LogP contribution in [-0.2, 0) is 11.2 Å². The minimum absolute atomic E-state index is 0.0437. The van der Waals surface area contributed by atoms with E-state index in [-0.39, 0.29) is 11.7 Å². The van der Waals surface area contributed by atoms with Crippen LogP contribution in [0, 0.1) is 0 Å². The van der Waals surface area contributed by atoms with Crippen molar-refractivity contribution in [2.45, 2.75) is 19.5 Å². The lowest BCUT2D eigenvalue weighted by molar-refractivity contribution is -0.118. The van der Waals surface area contributed by atoms with Gasteiger partial charge in [0.25, 0.3) is 0 Å². The molecule has 0 fully saturated rings. The minimum atomic E-state index is -2.83. The van der Waals surface area contributed by atoms with Crippen molar-refractivity contribution in [3.8, 4) is 5.75 Å². The Morgan fingerprint density at radius 1 is 1.38 bits per heavy atom. The smallest absolute Gasteiger partial charge is 0.387 e. The molecule has 0 N–H and O–H groups in total. The first kappa shape index (κ1) is 15.4. The summed E-state index contributed by atoms with van der Waals surface area (Å²) in [4.78, 5) is 17.6. The number of carbonyl (C=O) groups is 1. The molecule has 0 atom stereocenters. The summed E-state index contributed by atoms with van der Waals surface area (Å²) in [7, 11) is 1.68. The molecule has 0 aliphatic rings. The van der Waals surface area contributed by atoms with Crippen molar-refractivity contribution in [2.24, 2.45) is 0 Å². The normalized spacial score (nSPS) is 10.7. The second-order valence-corrected chi connectivity index (χ2v) is 5.16. The minimum Gasteiger partial charge on any atom is -0.435 e. The number of anilines is 1. The Morgan fingerprint density at radius 2 is 2.10 bits per heavy atom. The van der Waals surface area contributed by atoms with E-state index in [0.29, 0.717) is 18.0 Å². The number of carbonyl (C=O) groups excluding carboxylic acids is 1. The molecule has 0 aliphatic heterocycles. The molecule has 0 saturated carbocycles. The number of amides is 1. The molecule has 1 aromatic carbocycles. The quantitative estimate of drug-likeness (QED) is 0.821. The molecule has 2 aromatic rings. The predicted molar refractivity (Wildman–Crippen MR) is 76.9 cm³/mol. The number of aryl methyl sites for hydroxylation is 1. The number of hydrogen-bond donors (Lipinski definition) is 0. The highest BCUT2D eigenvalue weighted by atomic mass is 32.1. The van der Waals surface area contributed by atoms with E-state index in [1.807, 2.05) is 0 Å². The molecule has 2 rings (SSSR count). The summed E-state index contributed by atoms with van der Waals surface area (Å²) in [5.41, 5.74) is 0.887. The van der Waals surface area contributed by atoms with E-state index in [0.717, 1.165) is 5.56 Å². The Balaban J connectivity index is 1.86. The van der Waals surface area contributed by atoms with Gasteiger partial charge in [0, 0.05) is 25.0 Å². The Kier molecular flexibility index (Phi) is 5.21. The number of aromatic nitrogens is 1. The zero-order valence-corrected chi connectivity index (χ0v) is 12.1. The molecule has 0 saturated heterocycles. The highest BCUT2D eigenvalue weighted by Crippen LogP contribution is 2.18. The average Bonchev–Trinajstić information content (AvgIpc) is 2.99. The monoisotopic (exact) mass is 312 g/mol. The SMILES string of the molecule is CN(C(=O)CCc1ccc(OC(F)F)cc1)c1nccs1. The molecule has 1 amide bonds. The van der Waals surface area contributed by atoms with Crippen molar-refractivity contribution >= 4 is 22.4 Å². The van der Waals surface area contributed by atoms with Gasteiger partial charge in [-0.15, -0.1) is 11.3 Å². The maximum atomic E-state index is 12.0. The molecular weight excluding hydrogens is 298 g/mol. The summed E-state index contributed by atoms with van der Waals surface area (Å²) in [6, 6.07) is 6.29. The van der Waals surface area contributed by atoms with Crippen molar-refractivity contribution in [3.05, 3.63) is 41.4 Å². The molecule has 1 heterocycles. The Bertz CT molecular complexity index is 573. The van der Waals surface area contributed by atoms with E-state index < -0.39 is 6.61 Å². The Labute approximate surface area is 125 Å². The van der Waals surface area contributed by atoms with Crippen molar-refractivity contribution in [1.82, 2.24) is 4.98 Å². The van der Waals surface area contributed by atoms with Crippen LogP contribution in [0.15, 0.2) is 35.8 Å². The fourth-order valence-electron chi connectivity index (χ4n) is 1.74. The molecular formula is C14H14F2N2O2S. The van der Waals surface area contributed by atoms with Crippen LogP contribution in [0.1, 0.15) is 12.0 Å². The number of thiazole rings is 1. The van der Waals surface area contributed by atoms with E-state index in [9.17, 15) is 13.6 Å². The van der Waals surface area contributed by atoms with Gasteiger partial charge in [0.2, 0.25) is 5.91 Å². The molecule has 0 unspecified atom stereocenters. The van der Waals surface area contributed by atoms with Crippen LogP contribution in [0.25, 0.3) is 0 Å². The number of ether oxygens (including phenoxy) is 1. The summed E-state index contributed by atoms with van der Waals surface area (Å²) < 4.78 is 28.3. The van der Waals surface area contributed by atoms with Crippen LogP contribution in [0.2, 0.25) is 0 Å². The first-order valence-corrected chi connectivity index (χ1v) is 7.14. The maximum absolute atomic E-state index is 12.0. The number of nitrogens with zero attached hydrogens (tertiary/aromatic N) is 2. The first-order chi connectivity index (χ1) is 10.1. The van der Waals surface area contributed by atoms with Crippen molar-refractivity contribution in [3.63, 3.8) is 0 Å². The van der Waals surface area contributed by atoms with Crippen molar-refractivity contribution in [2.75, 3.05) is 11.9 Å². The van der Waals surface area contributed by atoms with Crippen LogP contribution >= 0.6 is 11.3 Å². The van der Waals surface area contributed by atoms with Gasteiger partial charge in [-0.3, -0.25) is 9.69 Å².